The highest BCUT2D eigenvalue weighted by Crippen LogP contribution is 2.16. The van der Waals surface area contributed by atoms with Crippen LogP contribution in [0.1, 0.15) is 35.1 Å². The van der Waals surface area contributed by atoms with Crippen molar-refractivity contribution in [3.63, 3.8) is 0 Å². The number of nitriles is 1. The molecule has 0 saturated carbocycles. The van der Waals surface area contributed by atoms with E-state index in [1.54, 1.807) is 0 Å². The maximum Gasteiger partial charge on any atom is 0.0991 e. The third-order valence-electron chi connectivity index (χ3n) is 4.92. The molecule has 3 heteroatoms. The van der Waals surface area contributed by atoms with Gasteiger partial charge in [-0.2, -0.15) is 5.26 Å². The molecule has 0 unspecified atom stereocenters. The first-order chi connectivity index (χ1) is 11.7. The molecule has 1 saturated heterocycles. The van der Waals surface area contributed by atoms with Crippen LogP contribution in [0, 0.1) is 18.3 Å². The van der Waals surface area contributed by atoms with E-state index in [1.165, 1.54) is 29.5 Å². The van der Waals surface area contributed by atoms with E-state index in [2.05, 4.69) is 47.5 Å². The molecule has 3 nitrogen and oxygen atoms in total. The summed E-state index contributed by atoms with van der Waals surface area (Å²) < 4.78 is 0. The fourth-order valence-electron chi connectivity index (χ4n) is 3.28. The normalized spacial score (nSPS) is 16.0. The molecule has 0 spiro atoms. The van der Waals surface area contributed by atoms with E-state index < -0.39 is 0 Å². The Hall–Kier alpha value is -2.15. The third kappa shape index (κ3) is 4.44. The van der Waals surface area contributed by atoms with E-state index in [1.807, 2.05) is 24.3 Å². The van der Waals surface area contributed by atoms with E-state index in [0.29, 0.717) is 6.04 Å². The minimum Gasteiger partial charge on any atom is -0.310 e. The fourth-order valence-corrected chi connectivity index (χ4v) is 3.28. The summed E-state index contributed by atoms with van der Waals surface area (Å²) in [5, 5.41) is 12.5. The highest BCUT2D eigenvalue weighted by atomic mass is 15.1. The van der Waals surface area contributed by atoms with Crippen LogP contribution < -0.4 is 5.32 Å². The van der Waals surface area contributed by atoms with Gasteiger partial charge in [0.2, 0.25) is 0 Å². The van der Waals surface area contributed by atoms with Crippen molar-refractivity contribution in [3.8, 4) is 6.07 Å². The third-order valence-corrected chi connectivity index (χ3v) is 4.92. The molecule has 0 aliphatic carbocycles. The van der Waals surface area contributed by atoms with E-state index in [0.717, 1.165) is 31.7 Å². The molecular weight excluding hydrogens is 294 g/mol. The Morgan fingerprint density at radius 1 is 1.08 bits per heavy atom. The molecule has 1 N–H and O–H groups in total. The first kappa shape index (κ1) is 16.7. The number of hydrogen-bond donors (Lipinski definition) is 1. The van der Waals surface area contributed by atoms with Crippen molar-refractivity contribution >= 4 is 0 Å². The maximum absolute atomic E-state index is 8.84. The van der Waals surface area contributed by atoms with Gasteiger partial charge in [0.25, 0.3) is 0 Å². The summed E-state index contributed by atoms with van der Waals surface area (Å²) in [7, 11) is 0. The molecule has 124 valence electrons. The number of nitrogens with one attached hydrogen (secondary N) is 1. The van der Waals surface area contributed by atoms with Gasteiger partial charge in [-0.1, -0.05) is 36.4 Å². The van der Waals surface area contributed by atoms with Gasteiger partial charge < -0.3 is 5.32 Å². The minimum atomic E-state index is 0.591. The molecule has 0 radical (unpaired) electrons. The van der Waals surface area contributed by atoms with Gasteiger partial charge in [0, 0.05) is 19.1 Å². The summed E-state index contributed by atoms with van der Waals surface area (Å²) in [6.45, 7) is 6.45. The summed E-state index contributed by atoms with van der Waals surface area (Å²) in [6, 6.07) is 19.3. The zero-order chi connectivity index (χ0) is 16.8. The van der Waals surface area contributed by atoms with Gasteiger partial charge in [0.15, 0.2) is 0 Å². The molecule has 0 amide bonds. The summed E-state index contributed by atoms with van der Waals surface area (Å²) in [6.07, 6.45) is 2.39. The second kappa shape index (κ2) is 8.10. The predicted molar refractivity (Wildman–Crippen MR) is 97.5 cm³/mol. The second-order valence-electron chi connectivity index (χ2n) is 6.67. The zero-order valence-corrected chi connectivity index (χ0v) is 14.3. The van der Waals surface area contributed by atoms with Crippen molar-refractivity contribution in [2.45, 2.75) is 38.9 Å². The molecule has 1 aliphatic heterocycles. The molecule has 1 fully saturated rings. The second-order valence-corrected chi connectivity index (χ2v) is 6.67. The number of likely N-dealkylation sites (tertiary alicyclic amines) is 1. The Labute approximate surface area is 144 Å². The number of hydrogen-bond acceptors (Lipinski definition) is 3. The van der Waals surface area contributed by atoms with Crippen molar-refractivity contribution in [2.75, 3.05) is 13.1 Å². The van der Waals surface area contributed by atoms with Crippen LogP contribution >= 0.6 is 0 Å². The Morgan fingerprint density at radius 2 is 1.79 bits per heavy atom. The maximum atomic E-state index is 8.84. The summed E-state index contributed by atoms with van der Waals surface area (Å²) in [5.74, 6) is 0. The summed E-state index contributed by atoms with van der Waals surface area (Å²) in [5.41, 5.74) is 4.81. The monoisotopic (exact) mass is 319 g/mol. The fraction of sp³-hybridized carbons (Fsp3) is 0.381. The Balaban J connectivity index is 1.43. The van der Waals surface area contributed by atoms with Crippen molar-refractivity contribution < 1.29 is 0 Å². The van der Waals surface area contributed by atoms with Gasteiger partial charge in [-0.05, 0) is 61.7 Å². The number of nitrogens with zero attached hydrogens (tertiary/aromatic N) is 2. The van der Waals surface area contributed by atoms with E-state index in [-0.39, 0.29) is 0 Å². The van der Waals surface area contributed by atoms with E-state index in [4.69, 9.17) is 5.26 Å². The highest BCUT2D eigenvalue weighted by molar-refractivity contribution is 5.31. The number of rotatable bonds is 5. The van der Waals surface area contributed by atoms with Gasteiger partial charge in [-0.15, -0.1) is 0 Å². The topological polar surface area (TPSA) is 39.1 Å². The van der Waals surface area contributed by atoms with Crippen LogP contribution in [0.4, 0.5) is 0 Å². The Bertz CT molecular complexity index is 692. The minimum absolute atomic E-state index is 0.591. The molecule has 0 bridgehead atoms. The van der Waals surface area contributed by atoms with Crippen LogP contribution in [0.5, 0.6) is 0 Å². The van der Waals surface area contributed by atoms with Crippen LogP contribution in [0.15, 0.2) is 48.5 Å². The van der Waals surface area contributed by atoms with Crippen molar-refractivity contribution in [2.24, 2.45) is 0 Å². The first-order valence-corrected chi connectivity index (χ1v) is 8.74. The average molecular weight is 319 g/mol. The lowest BCUT2D eigenvalue weighted by atomic mass is 10.0. The highest BCUT2D eigenvalue weighted by Gasteiger charge is 2.19. The van der Waals surface area contributed by atoms with Crippen LogP contribution in [0.3, 0.4) is 0 Å². The van der Waals surface area contributed by atoms with Crippen molar-refractivity contribution in [1.29, 1.82) is 5.26 Å². The average Bonchev–Trinajstić information content (AvgIpc) is 2.63. The number of benzene rings is 2. The molecular formula is C21H25N3. The Morgan fingerprint density at radius 3 is 2.46 bits per heavy atom. The van der Waals surface area contributed by atoms with Gasteiger partial charge in [0.1, 0.15) is 0 Å². The van der Waals surface area contributed by atoms with Gasteiger partial charge in [0.05, 0.1) is 11.6 Å². The zero-order valence-electron chi connectivity index (χ0n) is 14.3. The first-order valence-electron chi connectivity index (χ1n) is 8.74. The van der Waals surface area contributed by atoms with Crippen molar-refractivity contribution in [3.05, 3.63) is 70.8 Å². The molecule has 0 aromatic heterocycles. The molecule has 0 atom stereocenters. The van der Waals surface area contributed by atoms with Crippen LogP contribution in [-0.4, -0.2) is 24.0 Å². The lowest BCUT2D eigenvalue weighted by Crippen LogP contribution is -2.41. The van der Waals surface area contributed by atoms with Crippen LogP contribution in [0.2, 0.25) is 0 Å². The van der Waals surface area contributed by atoms with Gasteiger partial charge in [-0.25, -0.2) is 0 Å². The molecule has 2 aromatic rings. The largest absolute Gasteiger partial charge is 0.310 e. The molecule has 2 aromatic carbocycles. The van der Waals surface area contributed by atoms with Crippen molar-refractivity contribution in [1.82, 2.24) is 10.2 Å². The molecule has 24 heavy (non-hydrogen) atoms. The Kier molecular flexibility index (Phi) is 5.63. The molecule has 3 rings (SSSR count). The number of aryl methyl sites for hydroxylation is 1. The van der Waals surface area contributed by atoms with Gasteiger partial charge in [-0.3, -0.25) is 4.90 Å². The summed E-state index contributed by atoms with van der Waals surface area (Å²) in [4.78, 5) is 2.56. The molecule has 1 aliphatic rings. The lowest BCUT2D eigenvalue weighted by Gasteiger charge is -2.32. The smallest absolute Gasteiger partial charge is 0.0991 e. The lowest BCUT2D eigenvalue weighted by molar-refractivity contribution is 0.190. The van der Waals surface area contributed by atoms with Crippen LogP contribution in [0.25, 0.3) is 0 Å². The van der Waals surface area contributed by atoms with E-state index >= 15 is 0 Å². The van der Waals surface area contributed by atoms with E-state index in [9.17, 15) is 0 Å². The SMILES string of the molecule is Cc1ccccc1CN1CCC(NCc2ccc(C#N)cc2)CC1. The number of piperidine rings is 1. The standard InChI is InChI=1S/C21H25N3/c1-17-4-2-3-5-20(17)16-24-12-10-21(11-13-24)23-15-19-8-6-18(14-22)7-9-19/h2-9,21,23H,10-13,15-16H2,1H3. The van der Waals surface area contributed by atoms with Crippen LogP contribution in [-0.2, 0) is 13.1 Å². The summed E-state index contributed by atoms with van der Waals surface area (Å²) >= 11 is 0. The quantitative estimate of drug-likeness (QED) is 0.915. The predicted octanol–water partition coefficient (Wildman–Crippen LogP) is 3.62. The van der Waals surface area contributed by atoms with Gasteiger partial charge >= 0.3 is 0 Å². The molecule has 1 heterocycles.